The number of hydrogen-bond acceptors (Lipinski definition) is 4. The van der Waals surface area contributed by atoms with E-state index in [1.165, 1.54) is 0 Å². The second kappa shape index (κ2) is 6.23. The van der Waals surface area contributed by atoms with Gasteiger partial charge in [0.1, 0.15) is 6.10 Å². The SMILES string of the molecule is O=S1(=O)CC[C@H](NC(=S)OC(CCl)CCl)C1. The highest BCUT2D eigenvalue weighted by molar-refractivity contribution is 7.91. The second-order valence-electron chi connectivity index (χ2n) is 3.58. The molecule has 1 aliphatic rings. The van der Waals surface area contributed by atoms with Gasteiger partial charge in [-0.05, 0) is 18.6 Å². The zero-order chi connectivity index (χ0) is 12.2. The van der Waals surface area contributed by atoms with E-state index in [9.17, 15) is 8.42 Å². The monoisotopic (exact) mass is 305 g/mol. The highest BCUT2D eigenvalue weighted by Gasteiger charge is 2.28. The van der Waals surface area contributed by atoms with E-state index in [0.717, 1.165) is 0 Å². The van der Waals surface area contributed by atoms with Crippen molar-refractivity contribution < 1.29 is 13.2 Å². The predicted octanol–water partition coefficient (Wildman–Crippen LogP) is 0.911. The molecule has 16 heavy (non-hydrogen) atoms. The van der Waals surface area contributed by atoms with Crippen molar-refractivity contribution in [2.75, 3.05) is 23.3 Å². The summed E-state index contributed by atoms with van der Waals surface area (Å²) in [5.41, 5.74) is 0. The van der Waals surface area contributed by atoms with Crippen LogP contribution in [0.2, 0.25) is 0 Å². The van der Waals surface area contributed by atoms with E-state index in [0.29, 0.717) is 6.42 Å². The van der Waals surface area contributed by atoms with Crippen molar-refractivity contribution in [2.45, 2.75) is 18.6 Å². The molecule has 0 aliphatic carbocycles. The summed E-state index contributed by atoms with van der Waals surface area (Å²) >= 11 is 16.1. The van der Waals surface area contributed by atoms with Crippen molar-refractivity contribution in [1.29, 1.82) is 0 Å². The lowest BCUT2D eigenvalue weighted by Gasteiger charge is -2.18. The Hall–Kier alpha value is 0.220. The molecule has 4 nitrogen and oxygen atoms in total. The van der Waals surface area contributed by atoms with E-state index in [2.05, 4.69) is 5.32 Å². The van der Waals surface area contributed by atoms with Gasteiger partial charge in [0.15, 0.2) is 9.84 Å². The van der Waals surface area contributed by atoms with Crippen LogP contribution in [0.4, 0.5) is 0 Å². The minimum absolute atomic E-state index is 0.100. The number of alkyl halides is 2. The van der Waals surface area contributed by atoms with Gasteiger partial charge in [0.25, 0.3) is 5.17 Å². The van der Waals surface area contributed by atoms with Crippen molar-refractivity contribution in [2.24, 2.45) is 0 Å². The minimum Gasteiger partial charge on any atom is -0.465 e. The Morgan fingerprint density at radius 3 is 2.56 bits per heavy atom. The first-order valence-electron chi connectivity index (χ1n) is 4.76. The molecule has 1 saturated heterocycles. The number of halogens is 2. The van der Waals surface area contributed by atoms with Crippen LogP contribution in [0.5, 0.6) is 0 Å². The van der Waals surface area contributed by atoms with E-state index < -0.39 is 9.84 Å². The molecule has 0 aromatic rings. The molecule has 0 radical (unpaired) electrons. The first-order chi connectivity index (χ1) is 7.46. The first-order valence-corrected chi connectivity index (χ1v) is 8.06. The fourth-order valence-corrected chi connectivity index (χ4v) is 3.80. The van der Waals surface area contributed by atoms with Crippen LogP contribution in [0.3, 0.4) is 0 Å². The number of sulfone groups is 1. The summed E-state index contributed by atoms with van der Waals surface area (Å²) in [6, 6.07) is -0.163. The molecule has 1 aliphatic heterocycles. The van der Waals surface area contributed by atoms with Gasteiger partial charge in [0, 0.05) is 6.04 Å². The van der Waals surface area contributed by atoms with Crippen molar-refractivity contribution >= 4 is 50.4 Å². The van der Waals surface area contributed by atoms with Crippen molar-refractivity contribution in [3.05, 3.63) is 0 Å². The average molecular weight is 306 g/mol. The third kappa shape index (κ3) is 4.61. The van der Waals surface area contributed by atoms with Gasteiger partial charge >= 0.3 is 0 Å². The topological polar surface area (TPSA) is 55.4 Å². The third-order valence-corrected chi connectivity index (χ3v) is 4.84. The zero-order valence-corrected chi connectivity index (χ0v) is 11.6. The maximum atomic E-state index is 11.2. The third-order valence-electron chi connectivity index (χ3n) is 2.17. The Morgan fingerprint density at radius 2 is 2.12 bits per heavy atom. The van der Waals surface area contributed by atoms with E-state index in [4.69, 9.17) is 40.2 Å². The molecule has 0 spiro atoms. The highest BCUT2D eigenvalue weighted by atomic mass is 35.5. The first kappa shape index (κ1) is 14.3. The maximum absolute atomic E-state index is 11.2. The largest absolute Gasteiger partial charge is 0.465 e. The van der Waals surface area contributed by atoms with Gasteiger partial charge < -0.3 is 10.1 Å². The Balaban J connectivity index is 2.35. The molecule has 0 aromatic carbocycles. The normalized spacial score (nSPS) is 23.3. The molecule has 94 valence electrons. The molecule has 8 heteroatoms. The molecule has 1 rings (SSSR count). The molecule has 1 N–H and O–H groups in total. The van der Waals surface area contributed by atoms with Crippen LogP contribution in [0.25, 0.3) is 0 Å². The Labute approximate surface area is 111 Å². The molecule has 0 unspecified atom stereocenters. The predicted molar refractivity (Wildman–Crippen MR) is 69.1 cm³/mol. The van der Waals surface area contributed by atoms with Gasteiger partial charge in [-0.3, -0.25) is 0 Å². The van der Waals surface area contributed by atoms with Crippen LogP contribution in [-0.4, -0.2) is 49.0 Å². The summed E-state index contributed by atoms with van der Waals surface area (Å²) in [4.78, 5) is 0. The fourth-order valence-electron chi connectivity index (χ4n) is 1.37. The summed E-state index contributed by atoms with van der Waals surface area (Å²) in [6.45, 7) is 0. The molecule has 0 saturated carbocycles. The molecule has 0 amide bonds. The van der Waals surface area contributed by atoms with Gasteiger partial charge in [-0.25, -0.2) is 8.42 Å². The van der Waals surface area contributed by atoms with Crippen LogP contribution in [0.1, 0.15) is 6.42 Å². The van der Waals surface area contributed by atoms with Crippen LogP contribution < -0.4 is 5.32 Å². The molecule has 1 atom stereocenters. The van der Waals surface area contributed by atoms with Crippen LogP contribution in [0.15, 0.2) is 0 Å². The van der Waals surface area contributed by atoms with Crippen molar-refractivity contribution in [3.8, 4) is 0 Å². The summed E-state index contributed by atoms with van der Waals surface area (Å²) in [5.74, 6) is 0.785. The fraction of sp³-hybridized carbons (Fsp3) is 0.875. The average Bonchev–Trinajstić information content (AvgIpc) is 2.54. The smallest absolute Gasteiger partial charge is 0.257 e. The molecule has 0 aromatic heterocycles. The van der Waals surface area contributed by atoms with Crippen LogP contribution >= 0.6 is 35.4 Å². The van der Waals surface area contributed by atoms with Crippen molar-refractivity contribution in [3.63, 3.8) is 0 Å². The molecule has 1 fully saturated rings. The van der Waals surface area contributed by atoms with Gasteiger partial charge in [-0.15, -0.1) is 23.2 Å². The number of hydrogen-bond donors (Lipinski definition) is 1. The number of nitrogens with one attached hydrogen (secondary N) is 1. The Kier molecular flexibility index (Phi) is 5.56. The van der Waals surface area contributed by atoms with Gasteiger partial charge in [-0.2, -0.15) is 0 Å². The van der Waals surface area contributed by atoms with E-state index >= 15 is 0 Å². The quantitative estimate of drug-likeness (QED) is 0.618. The Bertz CT molecular complexity index is 343. The van der Waals surface area contributed by atoms with E-state index in [1.54, 1.807) is 0 Å². The number of rotatable bonds is 4. The second-order valence-corrected chi connectivity index (χ2v) is 6.80. The van der Waals surface area contributed by atoms with Gasteiger partial charge in [0.05, 0.1) is 23.3 Å². The minimum atomic E-state index is -2.91. The standard InChI is InChI=1S/C8H13Cl2NO3S2/c9-3-7(4-10)14-8(15)11-6-1-2-16(12,13)5-6/h6-7H,1-5H2,(H,11,15)/t6-/m0/s1. The maximum Gasteiger partial charge on any atom is 0.257 e. The number of thiocarbonyl (C=S) groups is 1. The van der Waals surface area contributed by atoms with Gasteiger partial charge in [0.2, 0.25) is 0 Å². The van der Waals surface area contributed by atoms with E-state index in [-0.39, 0.29) is 40.6 Å². The van der Waals surface area contributed by atoms with Crippen molar-refractivity contribution in [1.82, 2.24) is 5.32 Å². The molecular formula is C8H13Cl2NO3S2. The van der Waals surface area contributed by atoms with Crippen LogP contribution in [0, 0.1) is 0 Å². The van der Waals surface area contributed by atoms with Gasteiger partial charge in [-0.1, -0.05) is 0 Å². The lowest BCUT2D eigenvalue weighted by Crippen LogP contribution is -2.38. The lowest BCUT2D eigenvalue weighted by atomic mass is 10.3. The van der Waals surface area contributed by atoms with Crippen LogP contribution in [-0.2, 0) is 14.6 Å². The summed E-state index contributed by atoms with van der Waals surface area (Å²) < 4.78 is 27.6. The summed E-state index contributed by atoms with van der Waals surface area (Å²) in [6.07, 6.45) is 0.208. The summed E-state index contributed by atoms with van der Waals surface area (Å²) in [5, 5.41) is 3.01. The molecule has 1 heterocycles. The van der Waals surface area contributed by atoms with E-state index in [1.807, 2.05) is 0 Å². The zero-order valence-electron chi connectivity index (χ0n) is 8.49. The summed E-state index contributed by atoms with van der Waals surface area (Å²) in [7, 11) is -2.91. The lowest BCUT2D eigenvalue weighted by molar-refractivity contribution is 0.228. The Morgan fingerprint density at radius 1 is 1.50 bits per heavy atom. The molecule has 0 bridgehead atoms. The number of ether oxygens (including phenoxy) is 1. The molecular weight excluding hydrogens is 293 g/mol. The highest BCUT2D eigenvalue weighted by Crippen LogP contribution is 2.11.